The molecular weight excluding hydrogens is 350 g/mol. The number of ether oxygens (including phenoxy) is 1. The van der Waals surface area contributed by atoms with Crippen molar-refractivity contribution in [3.63, 3.8) is 0 Å². The summed E-state index contributed by atoms with van der Waals surface area (Å²) in [5, 5.41) is 2.75. The molecule has 1 aliphatic heterocycles. The number of hydrogen-bond acceptors (Lipinski definition) is 3. The van der Waals surface area contributed by atoms with E-state index >= 15 is 4.39 Å². The molecule has 2 aliphatic rings. The normalized spacial score (nSPS) is 27.0. The Labute approximate surface area is 148 Å². The van der Waals surface area contributed by atoms with Crippen LogP contribution >= 0.6 is 11.6 Å². The number of fused-ring (bicyclic) bond motifs is 2. The number of hydrogen-bond donors (Lipinski definition) is 1. The molecule has 1 spiro atoms. The summed E-state index contributed by atoms with van der Waals surface area (Å²) in [6.07, 6.45) is 1.95. The van der Waals surface area contributed by atoms with Crippen LogP contribution in [0.15, 0.2) is 36.5 Å². The second-order valence-corrected chi connectivity index (χ2v) is 6.84. The zero-order chi connectivity index (χ0) is 17.7. The van der Waals surface area contributed by atoms with Gasteiger partial charge in [0.1, 0.15) is 11.4 Å². The van der Waals surface area contributed by atoms with Gasteiger partial charge >= 0.3 is 0 Å². The van der Waals surface area contributed by atoms with Crippen LogP contribution in [0.5, 0.6) is 0 Å². The number of alkyl halides is 1. The first kappa shape index (κ1) is 16.4. The number of halogens is 3. The first-order valence-corrected chi connectivity index (χ1v) is 8.33. The molecule has 0 bridgehead atoms. The fourth-order valence-electron chi connectivity index (χ4n) is 3.30. The highest BCUT2D eigenvalue weighted by atomic mass is 35.5. The predicted octanol–water partition coefficient (Wildman–Crippen LogP) is 3.37. The quantitative estimate of drug-likeness (QED) is 0.849. The van der Waals surface area contributed by atoms with Crippen molar-refractivity contribution in [2.45, 2.75) is 30.7 Å². The van der Waals surface area contributed by atoms with Crippen LogP contribution in [0.25, 0.3) is 0 Å². The average Bonchev–Trinajstić information content (AvgIpc) is 3.39. The molecule has 130 valence electrons. The maximum absolute atomic E-state index is 15.6. The van der Waals surface area contributed by atoms with E-state index in [9.17, 15) is 9.18 Å². The number of nitrogens with one attached hydrogen (secondary N) is 1. The maximum atomic E-state index is 15.6. The molecule has 4 nitrogen and oxygen atoms in total. The van der Waals surface area contributed by atoms with Gasteiger partial charge in [0.25, 0.3) is 5.91 Å². The van der Waals surface area contributed by atoms with Crippen LogP contribution in [-0.2, 0) is 27.3 Å². The average molecular weight is 365 g/mol. The van der Waals surface area contributed by atoms with Crippen LogP contribution in [-0.4, -0.2) is 17.5 Å². The van der Waals surface area contributed by atoms with Crippen LogP contribution in [0.2, 0.25) is 5.02 Å². The number of amides is 1. The van der Waals surface area contributed by atoms with Crippen LogP contribution in [0.3, 0.4) is 0 Å². The Morgan fingerprint density at radius 3 is 2.88 bits per heavy atom. The molecule has 0 unspecified atom stereocenters. The molecule has 2 atom stereocenters. The first-order valence-electron chi connectivity index (χ1n) is 7.96. The van der Waals surface area contributed by atoms with E-state index in [0.29, 0.717) is 18.7 Å². The molecule has 1 fully saturated rings. The number of carbonyl (C=O) groups is 1. The van der Waals surface area contributed by atoms with Crippen molar-refractivity contribution in [3.05, 3.63) is 64.2 Å². The Kier molecular flexibility index (Phi) is 3.77. The van der Waals surface area contributed by atoms with Crippen LogP contribution in [0, 0.1) is 5.82 Å². The third-order valence-corrected chi connectivity index (χ3v) is 5.08. The van der Waals surface area contributed by atoms with Gasteiger partial charge in [0.2, 0.25) is 5.67 Å². The van der Waals surface area contributed by atoms with Crippen LogP contribution < -0.4 is 5.32 Å². The summed E-state index contributed by atoms with van der Waals surface area (Å²) in [7, 11) is 0. The molecular formula is C18H15ClF2N2O2. The largest absolute Gasteiger partial charge is 0.363 e. The fourth-order valence-corrected chi connectivity index (χ4v) is 3.46. The molecule has 25 heavy (non-hydrogen) atoms. The summed E-state index contributed by atoms with van der Waals surface area (Å²) in [5.41, 5.74) is -1.80. The van der Waals surface area contributed by atoms with E-state index in [0.717, 1.165) is 6.07 Å². The summed E-state index contributed by atoms with van der Waals surface area (Å²) in [6.45, 7) is 0.370. The molecule has 0 saturated carbocycles. The van der Waals surface area contributed by atoms with Gasteiger partial charge in [0.05, 0.1) is 12.3 Å². The second kappa shape index (κ2) is 5.75. The van der Waals surface area contributed by atoms with E-state index in [1.54, 1.807) is 18.3 Å². The van der Waals surface area contributed by atoms with Crippen molar-refractivity contribution in [3.8, 4) is 0 Å². The molecule has 4 rings (SSSR count). The van der Waals surface area contributed by atoms with E-state index in [-0.39, 0.29) is 29.1 Å². The lowest BCUT2D eigenvalue weighted by Crippen LogP contribution is -2.45. The monoisotopic (exact) mass is 364 g/mol. The summed E-state index contributed by atoms with van der Waals surface area (Å²) >= 11 is 5.71. The lowest BCUT2D eigenvalue weighted by atomic mass is 9.77. The Hall–Kier alpha value is -2.05. The Bertz CT molecular complexity index is 857. The lowest BCUT2D eigenvalue weighted by molar-refractivity contribution is -0.135. The van der Waals surface area contributed by atoms with Crippen molar-refractivity contribution in [1.82, 2.24) is 10.3 Å². The molecule has 7 heteroatoms. The van der Waals surface area contributed by atoms with Crippen molar-refractivity contribution < 1.29 is 18.3 Å². The number of benzene rings is 1. The molecule has 2 aromatic rings. The number of nitrogens with zero attached hydrogens (tertiary/aromatic N) is 1. The zero-order valence-corrected chi connectivity index (χ0v) is 13.9. The lowest BCUT2D eigenvalue weighted by Gasteiger charge is -2.33. The SMILES string of the molecule is O=C(NCc1ccc(Cl)cc1F)[C@]1(F)CC[C@@]2(CO2)c2ncccc21. The molecule has 1 N–H and O–H groups in total. The Balaban J connectivity index is 1.57. The molecule has 2 heterocycles. The number of epoxide rings is 1. The molecule has 1 aromatic heterocycles. The van der Waals surface area contributed by atoms with E-state index in [1.807, 2.05) is 0 Å². The van der Waals surface area contributed by atoms with E-state index in [2.05, 4.69) is 10.3 Å². The van der Waals surface area contributed by atoms with E-state index in [1.165, 1.54) is 12.1 Å². The summed E-state index contributed by atoms with van der Waals surface area (Å²) in [4.78, 5) is 16.8. The molecule has 1 aliphatic carbocycles. The highest BCUT2D eigenvalue weighted by Crippen LogP contribution is 2.53. The molecule has 1 saturated heterocycles. The minimum Gasteiger partial charge on any atom is -0.363 e. The van der Waals surface area contributed by atoms with Gasteiger partial charge in [-0.25, -0.2) is 8.78 Å². The Morgan fingerprint density at radius 1 is 1.36 bits per heavy atom. The Morgan fingerprint density at radius 2 is 2.16 bits per heavy atom. The molecule has 0 radical (unpaired) electrons. The van der Waals surface area contributed by atoms with Crippen LogP contribution in [0.4, 0.5) is 8.78 Å². The van der Waals surface area contributed by atoms with Crippen molar-refractivity contribution in [2.24, 2.45) is 0 Å². The number of pyridine rings is 1. The molecule has 1 aromatic carbocycles. The predicted molar refractivity (Wildman–Crippen MR) is 87.1 cm³/mol. The van der Waals surface area contributed by atoms with Gasteiger partial charge in [-0.05, 0) is 31.0 Å². The highest BCUT2D eigenvalue weighted by Gasteiger charge is 2.58. The van der Waals surface area contributed by atoms with Gasteiger partial charge in [-0.2, -0.15) is 0 Å². The van der Waals surface area contributed by atoms with Gasteiger partial charge in [-0.15, -0.1) is 0 Å². The van der Waals surface area contributed by atoms with Gasteiger partial charge in [0.15, 0.2) is 0 Å². The zero-order valence-electron chi connectivity index (χ0n) is 13.2. The van der Waals surface area contributed by atoms with Gasteiger partial charge in [-0.1, -0.05) is 23.7 Å². The summed E-state index contributed by atoms with van der Waals surface area (Å²) in [6, 6.07) is 7.30. The summed E-state index contributed by atoms with van der Waals surface area (Å²) < 4.78 is 34.9. The minimum atomic E-state index is -2.20. The topological polar surface area (TPSA) is 54.5 Å². The van der Waals surface area contributed by atoms with Gasteiger partial charge in [-0.3, -0.25) is 9.78 Å². The van der Waals surface area contributed by atoms with Crippen LogP contribution in [0.1, 0.15) is 29.7 Å². The number of rotatable bonds is 3. The first-order chi connectivity index (χ1) is 11.9. The number of aromatic nitrogens is 1. The fraction of sp³-hybridized carbons (Fsp3) is 0.333. The van der Waals surface area contributed by atoms with Crippen molar-refractivity contribution in [2.75, 3.05) is 6.61 Å². The maximum Gasteiger partial charge on any atom is 0.262 e. The second-order valence-electron chi connectivity index (χ2n) is 6.40. The van der Waals surface area contributed by atoms with E-state index < -0.39 is 23.0 Å². The molecule has 1 amide bonds. The third kappa shape index (κ3) is 2.69. The van der Waals surface area contributed by atoms with Crippen molar-refractivity contribution >= 4 is 17.5 Å². The minimum absolute atomic E-state index is 0.000622. The highest BCUT2D eigenvalue weighted by molar-refractivity contribution is 6.30. The third-order valence-electron chi connectivity index (χ3n) is 4.85. The van der Waals surface area contributed by atoms with Crippen molar-refractivity contribution in [1.29, 1.82) is 0 Å². The standard InChI is InChI=1S/C18H15ClF2N2O2/c19-12-4-3-11(14(20)8-12)9-23-16(24)18(21)6-5-17(10-25-17)15-13(18)2-1-7-22-15/h1-4,7-8H,5-6,9-10H2,(H,23,24)/t17-,18+/m1/s1. The van der Waals surface area contributed by atoms with Gasteiger partial charge in [0, 0.05) is 28.9 Å². The van der Waals surface area contributed by atoms with E-state index in [4.69, 9.17) is 16.3 Å². The number of carbonyl (C=O) groups excluding carboxylic acids is 1. The smallest absolute Gasteiger partial charge is 0.262 e. The summed E-state index contributed by atoms with van der Waals surface area (Å²) in [5.74, 6) is -1.34. The van der Waals surface area contributed by atoms with Gasteiger partial charge < -0.3 is 10.1 Å².